The lowest BCUT2D eigenvalue weighted by Crippen LogP contribution is -2.47. The van der Waals surface area contributed by atoms with Crippen LogP contribution in [-0.2, 0) is 9.47 Å². The van der Waals surface area contributed by atoms with Gasteiger partial charge in [-0.25, -0.2) is 4.79 Å². The summed E-state index contributed by atoms with van der Waals surface area (Å²) in [5, 5.41) is 0. The maximum absolute atomic E-state index is 12.3. The molecule has 0 N–H and O–H groups in total. The molecule has 2 unspecified atom stereocenters. The highest BCUT2D eigenvalue weighted by Crippen LogP contribution is 2.47. The molecule has 0 saturated heterocycles. The molecule has 3 aliphatic rings. The summed E-state index contributed by atoms with van der Waals surface area (Å²) in [5.41, 5.74) is 3.55. The number of cyclic esters (lactones) is 1. The molecule has 0 bridgehead atoms. The van der Waals surface area contributed by atoms with Gasteiger partial charge in [-0.15, -0.1) is 0 Å². The van der Waals surface area contributed by atoms with E-state index >= 15 is 0 Å². The Morgan fingerprint density at radius 1 is 1.24 bits per heavy atom. The van der Waals surface area contributed by atoms with Crippen LogP contribution in [-0.4, -0.2) is 36.1 Å². The first-order valence-electron chi connectivity index (χ1n) is 8.91. The van der Waals surface area contributed by atoms with E-state index in [2.05, 4.69) is 37.8 Å². The number of esters is 1. The predicted molar refractivity (Wildman–Crippen MR) is 96.1 cm³/mol. The Kier molecular flexibility index (Phi) is 3.80. The average Bonchev–Trinajstić information content (AvgIpc) is 3.19. The fourth-order valence-electron chi connectivity index (χ4n) is 4.33. The largest absolute Gasteiger partial charge is 0.489 e. The van der Waals surface area contributed by atoms with Gasteiger partial charge in [-0.05, 0) is 32.2 Å². The minimum Gasteiger partial charge on any atom is -0.489 e. The zero-order valence-electron chi connectivity index (χ0n) is 14.9. The quantitative estimate of drug-likeness (QED) is 0.784. The van der Waals surface area contributed by atoms with E-state index in [0.717, 1.165) is 35.6 Å². The first-order chi connectivity index (χ1) is 12.1. The van der Waals surface area contributed by atoms with Crippen molar-refractivity contribution in [3.05, 3.63) is 70.5 Å². The summed E-state index contributed by atoms with van der Waals surface area (Å²) in [7, 11) is 0. The van der Waals surface area contributed by atoms with E-state index in [0.29, 0.717) is 12.2 Å². The van der Waals surface area contributed by atoms with Crippen molar-refractivity contribution in [1.82, 2.24) is 4.90 Å². The van der Waals surface area contributed by atoms with Gasteiger partial charge in [-0.2, -0.15) is 0 Å². The summed E-state index contributed by atoms with van der Waals surface area (Å²) in [6, 6.07) is 7.64. The standard InChI is InChI=1S/C21H23NO3/c1-4-22(5-2)21(3)12-8-11-17-18(21)16(13-24-17)19-14-9-6-7-10-15(14)20(23)25-19/h6-12,19H,4-5,13H2,1-3H3. The summed E-state index contributed by atoms with van der Waals surface area (Å²) >= 11 is 0. The van der Waals surface area contributed by atoms with Crippen LogP contribution in [0.25, 0.3) is 0 Å². The van der Waals surface area contributed by atoms with E-state index in [4.69, 9.17) is 9.47 Å². The molecule has 0 aromatic heterocycles. The maximum atomic E-state index is 12.3. The van der Waals surface area contributed by atoms with Crippen LogP contribution in [0.15, 0.2) is 59.4 Å². The maximum Gasteiger partial charge on any atom is 0.339 e. The van der Waals surface area contributed by atoms with Gasteiger partial charge in [-0.3, -0.25) is 4.90 Å². The van der Waals surface area contributed by atoms with Gasteiger partial charge >= 0.3 is 5.97 Å². The topological polar surface area (TPSA) is 38.8 Å². The molecule has 130 valence electrons. The second kappa shape index (κ2) is 5.88. The number of likely N-dealkylation sites (N-methyl/N-ethyl adjacent to an activating group) is 1. The molecule has 1 aliphatic carbocycles. The molecule has 1 aromatic rings. The van der Waals surface area contributed by atoms with Gasteiger partial charge in [0, 0.05) is 16.7 Å². The van der Waals surface area contributed by atoms with Gasteiger partial charge in [0.05, 0.1) is 11.1 Å². The van der Waals surface area contributed by atoms with Crippen LogP contribution in [0.4, 0.5) is 0 Å². The molecule has 4 heteroatoms. The molecule has 0 fully saturated rings. The number of carbonyl (C=O) groups is 1. The smallest absolute Gasteiger partial charge is 0.339 e. The van der Waals surface area contributed by atoms with Crippen molar-refractivity contribution in [1.29, 1.82) is 0 Å². The normalized spacial score (nSPS) is 27.1. The summed E-state index contributed by atoms with van der Waals surface area (Å²) in [4.78, 5) is 14.7. The van der Waals surface area contributed by atoms with Crippen molar-refractivity contribution >= 4 is 5.97 Å². The fourth-order valence-corrected chi connectivity index (χ4v) is 4.33. The minimum atomic E-state index is -0.356. The molecular weight excluding hydrogens is 314 g/mol. The molecule has 1 aromatic carbocycles. The molecular formula is C21H23NO3. The van der Waals surface area contributed by atoms with Crippen molar-refractivity contribution in [2.24, 2.45) is 0 Å². The molecule has 2 atom stereocenters. The van der Waals surface area contributed by atoms with Crippen LogP contribution >= 0.6 is 0 Å². The Hall–Kier alpha value is -2.33. The van der Waals surface area contributed by atoms with E-state index < -0.39 is 0 Å². The van der Waals surface area contributed by atoms with E-state index in [1.165, 1.54) is 0 Å². The third-order valence-electron chi connectivity index (χ3n) is 5.55. The van der Waals surface area contributed by atoms with Gasteiger partial charge < -0.3 is 9.47 Å². The number of nitrogens with zero attached hydrogens (tertiary/aromatic N) is 1. The number of hydrogen-bond acceptors (Lipinski definition) is 4. The van der Waals surface area contributed by atoms with Crippen LogP contribution in [0.3, 0.4) is 0 Å². The molecule has 0 radical (unpaired) electrons. The van der Waals surface area contributed by atoms with Crippen LogP contribution in [0.5, 0.6) is 0 Å². The van der Waals surface area contributed by atoms with E-state index in [-0.39, 0.29) is 17.6 Å². The average molecular weight is 337 g/mol. The first kappa shape index (κ1) is 16.2. The third-order valence-corrected chi connectivity index (χ3v) is 5.55. The Bertz CT molecular complexity index is 816. The number of hydrogen-bond donors (Lipinski definition) is 0. The first-order valence-corrected chi connectivity index (χ1v) is 8.91. The van der Waals surface area contributed by atoms with Crippen LogP contribution in [0, 0.1) is 0 Å². The minimum absolute atomic E-state index is 0.248. The number of carbonyl (C=O) groups excluding carboxylic acids is 1. The SMILES string of the molecule is CCN(CC)C1(C)C=CC=C2OCC(C3OC(=O)c4ccccc43)=C21. The zero-order chi connectivity index (χ0) is 17.6. The second-order valence-electron chi connectivity index (χ2n) is 6.77. The zero-order valence-corrected chi connectivity index (χ0v) is 14.9. The van der Waals surface area contributed by atoms with E-state index in [1.54, 1.807) is 0 Å². The van der Waals surface area contributed by atoms with Gasteiger partial charge in [-0.1, -0.05) is 44.2 Å². The van der Waals surface area contributed by atoms with Crippen LogP contribution in [0.1, 0.15) is 42.8 Å². The van der Waals surface area contributed by atoms with E-state index in [9.17, 15) is 4.79 Å². The van der Waals surface area contributed by atoms with Gasteiger partial charge in [0.25, 0.3) is 0 Å². The fraction of sp³-hybridized carbons (Fsp3) is 0.381. The highest BCUT2D eigenvalue weighted by atomic mass is 16.6. The number of benzene rings is 1. The number of ether oxygens (including phenoxy) is 2. The van der Waals surface area contributed by atoms with Gasteiger partial charge in [0.1, 0.15) is 12.4 Å². The Morgan fingerprint density at radius 3 is 2.76 bits per heavy atom. The molecule has 4 rings (SSSR count). The van der Waals surface area contributed by atoms with Gasteiger partial charge in [0.15, 0.2) is 6.10 Å². The highest BCUT2D eigenvalue weighted by molar-refractivity contribution is 5.94. The molecule has 0 spiro atoms. The molecule has 4 nitrogen and oxygen atoms in total. The van der Waals surface area contributed by atoms with Crippen molar-refractivity contribution < 1.29 is 14.3 Å². The molecule has 2 aliphatic heterocycles. The van der Waals surface area contributed by atoms with Gasteiger partial charge in [0.2, 0.25) is 0 Å². The Labute approximate surface area is 148 Å². The Balaban J connectivity index is 1.86. The molecule has 2 heterocycles. The Morgan fingerprint density at radius 2 is 2.00 bits per heavy atom. The number of rotatable bonds is 4. The van der Waals surface area contributed by atoms with Crippen LogP contribution < -0.4 is 0 Å². The summed E-state index contributed by atoms with van der Waals surface area (Å²) in [5.74, 6) is 0.648. The van der Waals surface area contributed by atoms with Crippen LogP contribution in [0.2, 0.25) is 0 Å². The monoisotopic (exact) mass is 337 g/mol. The lowest BCUT2D eigenvalue weighted by atomic mass is 9.80. The molecule has 25 heavy (non-hydrogen) atoms. The summed E-state index contributed by atoms with van der Waals surface area (Å²) in [6.07, 6.45) is 5.94. The third kappa shape index (κ3) is 2.28. The molecule has 0 saturated carbocycles. The van der Waals surface area contributed by atoms with Crippen molar-refractivity contribution in [2.75, 3.05) is 19.7 Å². The van der Waals surface area contributed by atoms with Crippen molar-refractivity contribution in [2.45, 2.75) is 32.4 Å². The lowest BCUT2D eigenvalue weighted by molar-refractivity contribution is 0.0435. The predicted octanol–water partition coefficient (Wildman–Crippen LogP) is 3.78. The highest BCUT2D eigenvalue weighted by Gasteiger charge is 2.45. The van der Waals surface area contributed by atoms with Crippen molar-refractivity contribution in [3.63, 3.8) is 0 Å². The van der Waals surface area contributed by atoms with Crippen molar-refractivity contribution in [3.8, 4) is 0 Å². The summed E-state index contributed by atoms with van der Waals surface area (Å²) < 4.78 is 11.7. The second-order valence-corrected chi connectivity index (χ2v) is 6.77. The molecule has 0 amide bonds. The van der Waals surface area contributed by atoms with E-state index in [1.807, 2.05) is 30.3 Å². The lowest BCUT2D eigenvalue weighted by Gasteiger charge is -2.41. The summed E-state index contributed by atoms with van der Waals surface area (Å²) in [6.45, 7) is 8.89. The number of allylic oxidation sites excluding steroid dienone is 2. The number of fused-ring (bicyclic) bond motifs is 2.